The average molecular weight is 295 g/mol. The van der Waals surface area contributed by atoms with Crippen LogP contribution in [0.15, 0.2) is 22.7 Å². The molecule has 2 rings (SSSR count). The van der Waals surface area contributed by atoms with E-state index in [0.717, 1.165) is 30.2 Å². The van der Waals surface area contributed by atoms with E-state index in [2.05, 4.69) is 22.0 Å². The summed E-state index contributed by atoms with van der Waals surface area (Å²) in [4.78, 5) is 0. The fourth-order valence-corrected chi connectivity index (χ4v) is 2.49. The normalized spacial score (nSPS) is 24.1. The molecule has 0 aromatic heterocycles. The minimum Gasteiger partial charge on any atom is -0.489 e. The zero-order chi connectivity index (χ0) is 12.3. The first-order valence-electron chi connectivity index (χ1n) is 5.81. The molecular weight excluding hydrogens is 280 g/mol. The average Bonchev–Trinajstić information content (AvgIpc) is 2.29. The molecular formula is C13H15BrN2O. The van der Waals surface area contributed by atoms with E-state index in [1.54, 1.807) is 6.07 Å². The monoisotopic (exact) mass is 294 g/mol. The standard InChI is InChI=1S/C13H15BrN2O/c14-10-5-4-9(8-15)13(6-10)17-12-3-1-2-11(16)7-12/h4-6,11-12H,1-3,7,16H2. The molecule has 0 amide bonds. The van der Waals surface area contributed by atoms with Crippen molar-refractivity contribution in [3.63, 3.8) is 0 Å². The molecule has 2 atom stereocenters. The molecule has 1 fully saturated rings. The van der Waals surface area contributed by atoms with Crippen LogP contribution in [0.3, 0.4) is 0 Å². The van der Waals surface area contributed by atoms with Gasteiger partial charge in [0.15, 0.2) is 0 Å². The number of rotatable bonds is 2. The van der Waals surface area contributed by atoms with Crippen LogP contribution in [0.5, 0.6) is 5.75 Å². The fraction of sp³-hybridized carbons (Fsp3) is 0.462. The molecule has 1 saturated carbocycles. The first kappa shape index (κ1) is 12.4. The van der Waals surface area contributed by atoms with Gasteiger partial charge in [-0.3, -0.25) is 0 Å². The highest BCUT2D eigenvalue weighted by molar-refractivity contribution is 9.10. The fourth-order valence-electron chi connectivity index (χ4n) is 2.15. The molecule has 3 nitrogen and oxygen atoms in total. The van der Waals surface area contributed by atoms with Crippen molar-refractivity contribution in [2.45, 2.75) is 37.8 Å². The molecule has 0 aliphatic heterocycles. The van der Waals surface area contributed by atoms with Crippen LogP contribution in [0, 0.1) is 11.3 Å². The van der Waals surface area contributed by atoms with Gasteiger partial charge in [0, 0.05) is 10.5 Å². The van der Waals surface area contributed by atoms with Crippen molar-refractivity contribution in [2.24, 2.45) is 5.73 Å². The van der Waals surface area contributed by atoms with Crippen LogP contribution in [-0.2, 0) is 0 Å². The maximum absolute atomic E-state index is 9.02. The Morgan fingerprint density at radius 2 is 2.24 bits per heavy atom. The number of hydrogen-bond acceptors (Lipinski definition) is 3. The molecule has 90 valence electrons. The van der Waals surface area contributed by atoms with E-state index in [1.807, 2.05) is 12.1 Å². The van der Waals surface area contributed by atoms with E-state index in [0.29, 0.717) is 11.3 Å². The Kier molecular flexibility index (Phi) is 4.03. The third-order valence-electron chi connectivity index (χ3n) is 3.02. The molecule has 0 bridgehead atoms. The van der Waals surface area contributed by atoms with E-state index >= 15 is 0 Å². The predicted octanol–water partition coefficient (Wildman–Crippen LogP) is 2.97. The van der Waals surface area contributed by atoms with Gasteiger partial charge in [-0.25, -0.2) is 0 Å². The minimum atomic E-state index is 0.139. The molecule has 0 saturated heterocycles. The first-order chi connectivity index (χ1) is 8.19. The Balaban J connectivity index is 2.12. The van der Waals surface area contributed by atoms with E-state index in [-0.39, 0.29) is 12.1 Å². The van der Waals surface area contributed by atoms with Crippen LogP contribution in [0.2, 0.25) is 0 Å². The van der Waals surface area contributed by atoms with Gasteiger partial charge in [0.2, 0.25) is 0 Å². The summed E-state index contributed by atoms with van der Waals surface area (Å²) in [6.45, 7) is 0. The van der Waals surface area contributed by atoms with Crippen LogP contribution in [0.4, 0.5) is 0 Å². The quantitative estimate of drug-likeness (QED) is 0.912. The Labute approximate surface area is 110 Å². The maximum atomic E-state index is 9.02. The van der Waals surface area contributed by atoms with Crippen molar-refractivity contribution >= 4 is 15.9 Å². The number of hydrogen-bond donors (Lipinski definition) is 1. The summed E-state index contributed by atoms with van der Waals surface area (Å²) in [5, 5.41) is 9.02. The van der Waals surface area contributed by atoms with Gasteiger partial charge < -0.3 is 10.5 Å². The minimum absolute atomic E-state index is 0.139. The highest BCUT2D eigenvalue weighted by atomic mass is 79.9. The van der Waals surface area contributed by atoms with Gasteiger partial charge in [-0.15, -0.1) is 0 Å². The Bertz CT molecular complexity index is 442. The van der Waals surface area contributed by atoms with E-state index < -0.39 is 0 Å². The molecule has 1 aliphatic rings. The summed E-state index contributed by atoms with van der Waals surface area (Å²) >= 11 is 3.39. The second kappa shape index (κ2) is 5.52. The summed E-state index contributed by atoms with van der Waals surface area (Å²) in [5.74, 6) is 0.654. The first-order valence-corrected chi connectivity index (χ1v) is 6.60. The molecule has 1 aromatic carbocycles. The lowest BCUT2D eigenvalue weighted by atomic mass is 9.93. The highest BCUT2D eigenvalue weighted by Gasteiger charge is 2.21. The van der Waals surface area contributed by atoms with E-state index in [4.69, 9.17) is 15.7 Å². The summed E-state index contributed by atoms with van der Waals surface area (Å²) in [5.41, 5.74) is 6.50. The van der Waals surface area contributed by atoms with Crippen molar-refractivity contribution in [1.29, 1.82) is 5.26 Å². The number of nitrogens with zero attached hydrogens (tertiary/aromatic N) is 1. The van der Waals surface area contributed by atoms with Crippen molar-refractivity contribution < 1.29 is 4.74 Å². The largest absolute Gasteiger partial charge is 0.489 e. The molecule has 1 aliphatic carbocycles. The zero-order valence-corrected chi connectivity index (χ0v) is 11.1. The molecule has 2 N–H and O–H groups in total. The maximum Gasteiger partial charge on any atom is 0.138 e. The van der Waals surface area contributed by atoms with Crippen molar-refractivity contribution in [1.82, 2.24) is 0 Å². The lowest BCUT2D eigenvalue weighted by Gasteiger charge is -2.27. The Morgan fingerprint density at radius 1 is 1.41 bits per heavy atom. The van der Waals surface area contributed by atoms with E-state index in [1.165, 1.54) is 0 Å². The topological polar surface area (TPSA) is 59.0 Å². The summed E-state index contributed by atoms with van der Waals surface area (Å²) in [7, 11) is 0. The van der Waals surface area contributed by atoms with Crippen molar-refractivity contribution in [3.05, 3.63) is 28.2 Å². The SMILES string of the molecule is N#Cc1ccc(Br)cc1OC1CCCC(N)C1. The van der Waals surface area contributed by atoms with Crippen LogP contribution in [0.25, 0.3) is 0 Å². The van der Waals surface area contributed by atoms with Gasteiger partial charge in [-0.2, -0.15) is 5.26 Å². The number of benzene rings is 1. The summed E-state index contributed by atoms with van der Waals surface area (Å²) in [6.07, 6.45) is 4.20. The molecule has 1 aromatic rings. The Morgan fingerprint density at radius 3 is 2.94 bits per heavy atom. The smallest absolute Gasteiger partial charge is 0.138 e. The number of nitrogens with two attached hydrogens (primary N) is 1. The van der Waals surface area contributed by atoms with Gasteiger partial charge in [-0.05, 0) is 43.9 Å². The van der Waals surface area contributed by atoms with Gasteiger partial charge in [0.25, 0.3) is 0 Å². The Hall–Kier alpha value is -1.05. The molecule has 0 spiro atoms. The van der Waals surface area contributed by atoms with Crippen LogP contribution in [0.1, 0.15) is 31.2 Å². The second-order valence-electron chi connectivity index (χ2n) is 4.42. The third kappa shape index (κ3) is 3.21. The van der Waals surface area contributed by atoms with Crippen LogP contribution >= 0.6 is 15.9 Å². The zero-order valence-electron chi connectivity index (χ0n) is 9.53. The number of ether oxygens (including phenoxy) is 1. The molecule has 0 heterocycles. The van der Waals surface area contributed by atoms with Crippen LogP contribution in [-0.4, -0.2) is 12.1 Å². The number of halogens is 1. The van der Waals surface area contributed by atoms with Gasteiger partial charge in [-0.1, -0.05) is 15.9 Å². The lowest BCUT2D eigenvalue weighted by molar-refractivity contribution is 0.144. The highest BCUT2D eigenvalue weighted by Crippen LogP contribution is 2.28. The lowest BCUT2D eigenvalue weighted by Crippen LogP contribution is -2.33. The van der Waals surface area contributed by atoms with Gasteiger partial charge in [0.05, 0.1) is 5.56 Å². The predicted molar refractivity (Wildman–Crippen MR) is 69.7 cm³/mol. The number of nitriles is 1. The third-order valence-corrected chi connectivity index (χ3v) is 3.52. The second-order valence-corrected chi connectivity index (χ2v) is 5.33. The van der Waals surface area contributed by atoms with E-state index in [9.17, 15) is 0 Å². The van der Waals surface area contributed by atoms with Gasteiger partial charge in [0.1, 0.15) is 17.9 Å². The molecule has 4 heteroatoms. The van der Waals surface area contributed by atoms with Crippen LogP contribution < -0.4 is 10.5 Å². The van der Waals surface area contributed by atoms with Crippen molar-refractivity contribution in [3.8, 4) is 11.8 Å². The molecule has 2 unspecified atom stereocenters. The van der Waals surface area contributed by atoms with Crippen molar-refractivity contribution in [2.75, 3.05) is 0 Å². The summed E-state index contributed by atoms with van der Waals surface area (Å²) < 4.78 is 6.82. The summed E-state index contributed by atoms with van der Waals surface area (Å²) in [6, 6.07) is 7.83. The van der Waals surface area contributed by atoms with Gasteiger partial charge >= 0.3 is 0 Å². The molecule has 0 radical (unpaired) electrons. The molecule has 17 heavy (non-hydrogen) atoms.